The highest BCUT2D eigenvalue weighted by atomic mass is 35.7. The monoisotopic (exact) mass is 288 g/mol. The van der Waals surface area contributed by atoms with Gasteiger partial charge in [0, 0.05) is 35.8 Å². The summed E-state index contributed by atoms with van der Waals surface area (Å²) in [5, 5.41) is 0. The average molecular weight is 289 g/mol. The predicted molar refractivity (Wildman–Crippen MR) is 69.1 cm³/mol. The Hall–Kier alpha value is -1.14. The van der Waals surface area contributed by atoms with Crippen LogP contribution in [-0.2, 0) is 13.8 Å². The first-order chi connectivity index (χ1) is 8.37. The van der Waals surface area contributed by atoms with Crippen molar-refractivity contribution in [2.45, 2.75) is 13.3 Å². The summed E-state index contributed by atoms with van der Waals surface area (Å²) in [5.74, 6) is -0.508. The van der Waals surface area contributed by atoms with Crippen LogP contribution in [0.2, 0.25) is 0 Å². The Balaban J connectivity index is 2.18. The van der Waals surface area contributed by atoms with Crippen molar-refractivity contribution < 1.29 is 13.2 Å². The molecule has 1 aromatic rings. The molecule has 1 amide bonds. The zero-order valence-corrected chi connectivity index (χ0v) is 11.4. The van der Waals surface area contributed by atoms with Crippen LogP contribution in [0.1, 0.15) is 12.1 Å². The summed E-state index contributed by atoms with van der Waals surface area (Å²) in [4.78, 5) is 17.6. The van der Waals surface area contributed by atoms with Gasteiger partial charge in [-0.1, -0.05) is 0 Å². The third-order valence-electron chi connectivity index (χ3n) is 2.91. The van der Waals surface area contributed by atoms with Crippen molar-refractivity contribution in [3.8, 4) is 0 Å². The van der Waals surface area contributed by atoms with Crippen molar-refractivity contribution in [3.63, 3.8) is 0 Å². The summed E-state index contributed by atoms with van der Waals surface area (Å²) in [6.07, 6.45) is 1.86. The van der Waals surface area contributed by atoms with Crippen LogP contribution >= 0.6 is 10.7 Å². The molecule has 0 aliphatic carbocycles. The number of halogens is 1. The quantitative estimate of drug-likeness (QED) is 0.787. The van der Waals surface area contributed by atoms with Crippen molar-refractivity contribution in [2.24, 2.45) is 5.92 Å². The maximum Gasteiger partial charge on any atom is 0.232 e. The Morgan fingerprint density at radius 1 is 1.56 bits per heavy atom. The van der Waals surface area contributed by atoms with Crippen molar-refractivity contribution in [1.29, 1.82) is 0 Å². The number of hydrogen-bond acceptors (Lipinski definition) is 4. The van der Waals surface area contributed by atoms with Gasteiger partial charge in [-0.3, -0.25) is 9.78 Å². The number of nitrogens with zero attached hydrogens (tertiary/aromatic N) is 2. The van der Waals surface area contributed by atoms with Crippen molar-refractivity contribution >= 4 is 31.3 Å². The first-order valence-corrected chi connectivity index (χ1v) is 7.99. The van der Waals surface area contributed by atoms with Crippen LogP contribution < -0.4 is 4.90 Å². The van der Waals surface area contributed by atoms with Gasteiger partial charge in [-0.25, -0.2) is 8.42 Å². The van der Waals surface area contributed by atoms with Crippen LogP contribution in [0.25, 0.3) is 0 Å². The molecule has 0 N–H and O–H groups in total. The number of hydrogen-bond donors (Lipinski definition) is 0. The van der Waals surface area contributed by atoms with E-state index in [2.05, 4.69) is 4.98 Å². The summed E-state index contributed by atoms with van der Waals surface area (Å²) < 4.78 is 22.1. The summed E-state index contributed by atoms with van der Waals surface area (Å²) in [6.45, 7) is 2.19. The number of aryl methyl sites for hydroxylation is 1. The Bertz CT molecular complexity index is 573. The fourth-order valence-electron chi connectivity index (χ4n) is 2.17. The molecule has 5 nitrogen and oxygen atoms in total. The molecule has 0 radical (unpaired) electrons. The summed E-state index contributed by atoms with van der Waals surface area (Å²) >= 11 is 0. The maximum absolute atomic E-state index is 11.9. The first kappa shape index (κ1) is 13.3. The number of anilines is 1. The van der Waals surface area contributed by atoms with Crippen LogP contribution in [0.15, 0.2) is 18.3 Å². The molecule has 2 rings (SSSR count). The lowest BCUT2D eigenvalue weighted by atomic mass is 10.1. The second-order valence-electron chi connectivity index (χ2n) is 4.39. The van der Waals surface area contributed by atoms with Crippen LogP contribution in [0.3, 0.4) is 0 Å². The lowest BCUT2D eigenvalue weighted by Gasteiger charge is -2.18. The molecule has 0 spiro atoms. The fourth-order valence-corrected chi connectivity index (χ4v) is 3.49. The summed E-state index contributed by atoms with van der Waals surface area (Å²) in [7, 11) is 1.65. The number of rotatable bonds is 3. The van der Waals surface area contributed by atoms with Gasteiger partial charge in [-0.2, -0.15) is 0 Å². The van der Waals surface area contributed by atoms with E-state index in [-0.39, 0.29) is 24.0 Å². The topological polar surface area (TPSA) is 67.3 Å². The van der Waals surface area contributed by atoms with Crippen molar-refractivity contribution in [2.75, 3.05) is 17.2 Å². The van der Waals surface area contributed by atoms with E-state index in [9.17, 15) is 13.2 Å². The molecule has 1 aliphatic rings. The molecule has 1 unspecified atom stereocenters. The summed E-state index contributed by atoms with van der Waals surface area (Å²) in [5.41, 5.74) is 1.48. The van der Waals surface area contributed by atoms with Gasteiger partial charge in [-0.15, -0.1) is 0 Å². The molecular formula is C11H13ClN2O3S. The highest BCUT2D eigenvalue weighted by molar-refractivity contribution is 8.13. The van der Waals surface area contributed by atoms with Gasteiger partial charge in [0.1, 0.15) is 0 Å². The van der Waals surface area contributed by atoms with Gasteiger partial charge in [0.15, 0.2) is 0 Å². The molecule has 0 saturated carbocycles. The van der Waals surface area contributed by atoms with E-state index in [4.69, 9.17) is 10.7 Å². The second-order valence-corrected chi connectivity index (χ2v) is 7.21. The molecule has 1 aliphatic heterocycles. The minimum atomic E-state index is -3.57. The van der Waals surface area contributed by atoms with E-state index >= 15 is 0 Å². The summed E-state index contributed by atoms with van der Waals surface area (Å²) in [6, 6.07) is 3.55. The predicted octanol–water partition coefficient (Wildman–Crippen LogP) is 1.31. The van der Waals surface area contributed by atoms with Gasteiger partial charge in [-0.05, 0) is 19.1 Å². The van der Waals surface area contributed by atoms with E-state index in [0.29, 0.717) is 6.54 Å². The second kappa shape index (κ2) is 4.85. The van der Waals surface area contributed by atoms with Crippen LogP contribution in [-0.4, -0.2) is 31.6 Å². The molecule has 1 aromatic heterocycles. The molecule has 2 heterocycles. The molecular weight excluding hydrogens is 276 g/mol. The van der Waals surface area contributed by atoms with Gasteiger partial charge < -0.3 is 4.90 Å². The van der Waals surface area contributed by atoms with Crippen LogP contribution in [0, 0.1) is 12.8 Å². The number of carbonyl (C=O) groups excluding carboxylic acids is 1. The van der Waals surface area contributed by atoms with E-state index < -0.39 is 9.05 Å². The normalized spacial score (nSPS) is 20.4. The zero-order valence-electron chi connectivity index (χ0n) is 9.84. The van der Waals surface area contributed by atoms with E-state index in [0.717, 1.165) is 11.4 Å². The third-order valence-corrected chi connectivity index (χ3v) is 4.16. The number of aromatic nitrogens is 1. The van der Waals surface area contributed by atoms with E-state index in [1.807, 2.05) is 6.92 Å². The highest BCUT2D eigenvalue weighted by Crippen LogP contribution is 2.27. The molecule has 1 atom stereocenters. The maximum atomic E-state index is 11.9. The number of amides is 1. The molecule has 18 heavy (non-hydrogen) atoms. The number of pyridine rings is 1. The average Bonchev–Trinajstić information content (AvgIpc) is 2.57. The molecule has 98 valence electrons. The van der Waals surface area contributed by atoms with E-state index in [1.54, 1.807) is 23.2 Å². The first-order valence-electron chi connectivity index (χ1n) is 5.51. The smallest absolute Gasteiger partial charge is 0.232 e. The van der Waals surface area contributed by atoms with Gasteiger partial charge in [0.05, 0.1) is 17.1 Å². The Labute approximate surface area is 110 Å². The van der Waals surface area contributed by atoms with Gasteiger partial charge >= 0.3 is 0 Å². The molecule has 0 bridgehead atoms. The van der Waals surface area contributed by atoms with E-state index in [1.165, 1.54) is 0 Å². The third kappa shape index (κ3) is 3.00. The lowest BCUT2D eigenvalue weighted by molar-refractivity contribution is -0.117. The fraction of sp³-hybridized carbons (Fsp3) is 0.455. The SMILES string of the molecule is Cc1ncccc1N1CC(CS(=O)(=O)Cl)CC1=O. The minimum Gasteiger partial charge on any atom is -0.310 e. The number of carbonyl (C=O) groups is 1. The minimum absolute atomic E-state index is 0.0867. The van der Waals surface area contributed by atoms with Crippen molar-refractivity contribution in [3.05, 3.63) is 24.0 Å². The van der Waals surface area contributed by atoms with Crippen LogP contribution in [0.5, 0.6) is 0 Å². The Morgan fingerprint density at radius 2 is 2.28 bits per heavy atom. The van der Waals surface area contributed by atoms with Gasteiger partial charge in [0.25, 0.3) is 0 Å². The standard InChI is InChI=1S/C11H13ClN2O3S/c1-8-10(3-2-4-13-8)14-6-9(5-11(14)15)7-18(12,16)17/h2-4,9H,5-7H2,1H3. The zero-order chi connectivity index (χ0) is 13.3. The molecule has 7 heteroatoms. The lowest BCUT2D eigenvalue weighted by Crippen LogP contribution is -2.26. The molecule has 1 fully saturated rings. The highest BCUT2D eigenvalue weighted by Gasteiger charge is 2.33. The molecule has 1 saturated heterocycles. The Kier molecular flexibility index (Phi) is 3.59. The van der Waals surface area contributed by atoms with Gasteiger partial charge in [0.2, 0.25) is 15.0 Å². The largest absolute Gasteiger partial charge is 0.310 e. The van der Waals surface area contributed by atoms with Crippen molar-refractivity contribution in [1.82, 2.24) is 4.98 Å². The molecule has 0 aromatic carbocycles. The Morgan fingerprint density at radius 3 is 2.89 bits per heavy atom. The van der Waals surface area contributed by atoms with Crippen LogP contribution in [0.4, 0.5) is 5.69 Å².